The lowest BCUT2D eigenvalue weighted by Gasteiger charge is -2.19. The van der Waals surface area contributed by atoms with E-state index in [1.165, 1.54) is 0 Å². The molecule has 0 aliphatic carbocycles. The summed E-state index contributed by atoms with van der Waals surface area (Å²) in [5, 5.41) is -1.02. The third kappa shape index (κ3) is 3.66. The third-order valence-corrected chi connectivity index (χ3v) is 2.44. The summed E-state index contributed by atoms with van der Waals surface area (Å²) in [4.78, 5) is 0. The maximum absolute atomic E-state index is 12.4. The van der Waals surface area contributed by atoms with Crippen molar-refractivity contribution in [3.05, 3.63) is 34.3 Å². The summed E-state index contributed by atoms with van der Waals surface area (Å²) in [6.07, 6.45) is -9.67. The average Bonchev–Trinajstić information content (AvgIpc) is 2.13. The average molecular weight is 314 g/mol. The smallest absolute Gasteiger partial charge is 0.316 e. The van der Waals surface area contributed by atoms with E-state index in [2.05, 4.69) is 0 Å². The maximum atomic E-state index is 12.4. The van der Waals surface area contributed by atoms with Crippen LogP contribution in [0.3, 0.4) is 0 Å². The quantitative estimate of drug-likeness (QED) is 0.767. The van der Waals surface area contributed by atoms with Crippen molar-refractivity contribution in [2.45, 2.75) is 18.4 Å². The van der Waals surface area contributed by atoms with Gasteiger partial charge >= 0.3 is 12.4 Å². The second kappa shape index (κ2) is 5.54. The Morgan fingerprint density at radius 1 is 1.06 bits per heavy atom. The number of nitrogens with two attached hydrogens (primary N) is 1. The number of hydrogen-bond donors (Lipinski definition) is 1. The van der Waals surface area contributed by atoms with E-state index < -0.39 is 34.5 Å². The highest BCUT2D eigenvalue weighted by Gasteiger charge is 2.41. The summed E-state index contributed by atoms with van der Waals surface area (Å²) < 4.78 is 74.0. The van der Waals surface area contributed by atoms with Gasteiger partial charge in [-0.1, -0.05) is 23.7 Å². The maximum Gasteiger partial charge on any atom is 0.417 e. The van der Waals surface area contributed by atoms with E-state index in [1.54, 1.807) is 0 Å². The highest BCUT2D eigenvalue weighted by Crippen LogP contribution is 2.40. The first kappa shape index (κ1) is 17.3. The Morgan fingerprint density at radius 3 is 1.94 bits per heavy atom. The standard InChI is InChI=1S/C9H6ClF6N.ClH/c10-6-4(7(17)9(14,15)16)2-1-3-5(6)8(11,12)13;/h1-3,7H,17H2;1H/t7-;/m0./s1. The fraction of sp³-hybridized carbons (Fsp3) is 0.333. The minimum absolute atomic E-state index is 0. The van der Waals surface area contributed by atoms with Crippen LogP contribution < -0.4 is 5.73 Å². The fourth-order valence-corrected chi connectivity index (χ4v) is 1.54. The van der Waals surface area contributed by atoms with Crippen LogP contribution in [0.15, 0.2) is 18.2 Å². The monoisotopic (exact) mass is 313 g/mol. The van der Waals surface area contributed by atoms with Crippen LogP contribution in [0.1, 0.15) is 17.2 Å². The van der Waals surface area contributed by atoms with Crippen molar-refractivity contribution >= 4 is 24.0 Å². The summed E-state index contributed by atoms with van der Waals surface area (Å²) in [6, 6.07) is -0.308. The molecule has 0 saturated heterocycles. The van der Waals surface area contributed by atoms with Gasteiger partial charge in [0.25, 0.3) is 0 Å². The Bertz CT molecular complexity index is 414. The molecule has 0 heterocycles. The van der Waals surface area contributed by atoms with E-state index in [0.717, 1.165) is 12.1 Å². The molecule has 0 aliphatic heterocycles. The Balaban J connectivity index is 0.00000289. The van der Waals surface area contributed by atoms with Crippen molar-refractivity contribution in [3.63, 3.8) is 0 Å². The first-order valence-corrected chi connectivity index (χ1v) is 4.61. The molecule has 1 aromatic rings. The van der Waals surface area contributed by atoms with Gasteiger partial charge in [0.1, 0.15) is 6.04 Å². The van der Waals surface area contributed by atoms with Gasteiger partial charge in [-0.05, 0) is 11.6 Å². The van der Waals surface area contributed by atoms with Gasteiger partial charge in [0, 0.05) is 0 Å². The van der Waals surface area contributed by atoms with Crippen LogP contribution in [0.4, 0.5) is 26.3 Å². The van der Waals surface area contributed by atoms with Crippen molar-refractivity contribution in [2.75, 3.05) is 0 Å². The molecule has 1 atom stereocenters. The van der Waals surface area contributed by atoms with Crippen molar-refractivity contribution in [3.8, 4) is 0 Å². The van der Waals surface area contributed by atoms with Crippen molar-refractivity contribution in [1.29, 1.82) is 0 Å². The SMILES string of the molecule is Cl.N[C@@H](c1cccc(C(F)(F)F)c1Cl)C(F)(F)F. The Labute approximate surface area is 109 Å². The lowest BCUT2D eigenvalue weighted by molar-refractivity contribution is -0.150. The molecule has 0 spiro atoms. The second-order valence-corrected chi connectivity index (χ2v) is 3.60. The number of hydrogen-bond acceptors (Lipinski definition) is 1. The number of benzene rings is 1. The molecule has 0 radical (unpaired) electrons. The van der Waals surface area contributed by atoms with Gasteiger partial charge in [0.2, 0.25) is 0 Å². The van der Waals surface area contributed by atoms with E-state index in [1.807, 2.05) is 0 Å². The van der Waals surface area contributed by atoms with E-state index in [4.69, 9.17) is 17.3 Å². The summed E-state index contributed by atoms with van der Waals surface area (Å²) in [5.74, 6) is 0. The molecule has 2 N–H and O–H groups in total. The molecule has 0 amide bonds. The first-order valence-electron chi connectivity index (χ1n) is 4.23. The summed E-state index contributed by atoms with van der Waals surface area (Å²) >= 11 is 5.29. The molecule has 1 nitrogen and oxygen atoms in total. The van der Waals surface area contributed by atoms with Gasteiger partial charge in [-0.3, -0.25) is 0 Å². The van der Waals surface area contributed by atoms with Crippen LogP contribution in [0, 0.1) is 0 Å². The Morgan fingerprint density at radius 2 is 1.56 bits per heavy atom. The minimum Gasteiger partial charge on any atom is -0.316 e. The van der Waals surface area contributed by atoms with Crippen LogP contribution in [0.5, 0.6) is 0 Å². The molecule has 0 aliphatic rings. The normalized spacial score (nSPS) is 14.0. The molecule has 1 rings (SSSR count). The number of rotatable bonds is 1. The summed E-state index contributed by atoms with van der Waals surface area (Å²) in [7, 11) is 0. The molecular weight excluding hydrogens is 307 g/mol. The fourth-order valence-electron chi connectivity index (χ4n) is 1.19. The zero-order valence-electron chi connectivity index (χ0n) is 8.44. The Hall–Kier alpha value is -0.660. The van der Waals surface area contributed by atoms with E-state index >= 15 is 0 Å². The van der Waals surface area contributed by atoms with Crippen LogP contribution in [-0.2, 0) is 6.18 Å². The Kier molecular flexibility index (Phi) is 5.34. The van der Waals surface area contributed by atoms with Gasteiger partial charge < -0.3 is 5.73 Å². The van der Waals surface area contributed by atoms with Crippen molar-refractivity contribution in [1.82, 2.24) is 0 Å². The number of halogens is 8. The molecule has 104 valence electrons. The van der Waals surface area contributed by atoms with Gasteiger partial charge in [-0.2, -0.15) is 26.3 Å². The molecule has 0 fully saturated rings. The lowest BCUT2D eigenvalue weighted by atomic mass is 10.0. The van der Waals surface area contributed by atoms with Gasteiger partial charge in [0.05, 0.1) is 10.6 Å². The largest absolute Gasteiger partial charge is 0.417 e. The van der Waals surface area contributed by atoms with Crippen molar-refractivity contribution < 1.29 is 26.3 Å². The molecule has 0 unspecified atom stereocenters. The molecular formula is C9H7Cl2F6N. The zero-order chi connectivity index (χ0) is 13.4. The zero-order valence-corrected chi connectivity index (χ0v) is 10.0. The highest BCUT2D eigenvalue weighted by molar-refractivity contribution is 6.32. The highest BCUT2D eigenvalue weighted by atomic mass is 35.5. The molecule has 9 heteroatoms. The third-order valence-electron chi connectivity index (χ3n) is 2.02. The van der Waals surface area contributed by atoms with Crippen molar-refractivity contribution in [2.24, 2.45) is 5.73 Å². The molecule has 0 bridgehead atoms. The molecule has 18 heavy (non-hydrogen) atoms. The minimum atomic E-state index is -4.85. The number of alkyl halides is 6. The predicted molar refractivity (Wildman–Crippen MR) is 56.7 cm³/mol. The van der Waals surface area contributed by atoms with Crippen LogP contribution in [-0.4, -0.2) is 6.18 Å². The van der Waals surface area contributed by atoms with Gasteiger partial charge in [-0.15, -0.1) is 12.4 Å². The first-order chi connectivity index (χ1) is 7.55. The van der Waals surface area contributed by atoms with E-state index in [0.29, 0.717) is 6.07 Å². The molecule has 0 aromatic heterocycles. The van der Waals surface area contributed by atoms with E-state index in [-0.39, 0.29) is 12.4 Å². The van der Waals surface area contributed by atoms with Crippen LogP contribution in [0.25, 0.3) is 0 Å². The van der Waals surface area contributed by atoms with Crippen LogP contribution in [0.2, 0.25) is 5.02 Å². The second-order valence-electron chi connectivity index (χ2n) is 3.23. The van der Waals surface area contributed by atoms with Gasteiger partial charge in [-0.25, -0.2) is 0 Å². The summed E-state index contributed by atoms with van der Waals surface area (Å²) in [5.41, 5.74) is 2.67. The summed E-state index contributed by atoms with van der Waals surface area (Å²) in [6.45, 7) is 0. The van der Waals surface area contributed by atoms with Gasteiger partial charge in [0.15, 0.2) is 0 Å². The predicted octanol–water partition coefficient (Wildman–Crippen LogP) is 4.34. The molecule has 0 saturated carbocycles. The lowest BCUT2D eigenvalue weighted by Crippen LogP contribution is -2.29. The van der Waals surface area contributed by atoms with E-state index in [9.17, 15) is 26.3 Å². The topological polar surface area (TPSA) is 26.0 Å². The van der Waals surface area contributed by atoms with Crippen LogP contribution >= 0.6 is 24.0 Å². The molecule has 1 aromatic carbocycles.